The molecule has 1 heterocycles. The summed E-state index contributed by atoms with van der Waals surface area (Å²) in [4.78, 5) is 2.55. The molecule has 2 aliphatic rings. The van der Waals surface area contributed by atoms with Gasteiger partial charge < -0.3 is 10.2 Å². The number of nitrogens with one attached hydrogen (secondary N) is 1. The fourth-order valence-corrected chi connectivity index (χ4v) is 3.03. The van der Waals surface area contributed by atoms with Crippen LogP contribution >= 0.6 is 0 Å². The third kappa shape index (κ3) is 3.35. The van der Waals surface area contributed by atoms with Crippen molar-refractivity contribution in [1.82, 2.24) is 5.32 Å². The molecule has 1 unspecified atom stereocenters. The van der Waals surface area contributed by atoms with E-state index in [0.29, 0.717) is 0 Å². The smallest absolute Gasteiger partial charge is 0.0366 e. The second kappa shape index (κ2) is 5.40. The van der Waals surface area contributed by atoms with Crippen molar-refractivity contribution in [3.05, 3.63) is 29.8 Å². The summed E-state index contributed by atoms with van der Waals surface area (Å²) in [5.74, 6) is 0.831. The summed E-state index contributed by atoms with van der Waals surface area (Å²) in [5, 5.41) is 3.67. The number of rotatable bonds is 4. The van der Waals surface area contributed by atoms with Gasteiger partial charge in [0.25, 0.3) is 0 Å². The van der Waals surface area contributed by atoms with Crippen molar-refractivity contribution in [2.24, 2.45) is 5.92 Å². The van der Waals surface area contributed by atoms with Gasteiger partial charge in [-0.25, -0.2) is 0 Å². The van der Waals surface area contributed by atoms with Gasteiger partial charge in [0.15, 0.2) is 0 Å². The minimum absolute atomic E-state index is 0.250. The van der Waals surface area contributed by atoms with Crippen molar-refractivity contribution in [3.8, 4) is 0 Å². The monoisotopic (exact) mass is 272 g/mol. The topological polar surface area (TPSA) is 15.3 Å². The molecule has 1 atom stereocenters. The van der Waals surface area contributed by atoms with Crippen LogP contribution in [0, 0.1) is 5.92 Å². The minimum Gasteiger partial charge on any atom is -0.371 e. The fourth-order valence-electron chi connectivity index (χ4n) is 3.03. The van der Waals surface area contributed by atoms with E-state index in [9.17, 15) is 0 Å². The first-order valence-electron chi connectivity index (χ1n) is 8.11. The first kappa shape index (κ1) is 13.9. The predicted molar refractivity (Wildman–Crippen MR) is 86.5 cm³/mol. The third-order valence-electron chi connectivity index (χ3n) is 4.66. The van der Waals surface area contributed by atoms with E-state index in [-0.39, 0.29) is 5.41 Å². The Morgan fingerprint density at radius 2 is 1.80 bits per heavy atom. The minimum atomic E-state index is 0.250. The van der Waals surface area contributed by atoms with Gasteiger partial charge in [-0.05, 0) is 54.8 Å². The Labute approximate surface area is 123 Å². The molecule has 2 fully saturated rings. The molecule has 0 bridgehead atoms. The Hall–Kier alpha value is -1.02. The van der Waals surface area contributed by atoms with Gasteiger partial charge in [0.1, 0.15) is 0 Å². The van der Waals surface area contributed by atoms with E-state index in [4.69, 9.17) is 0 Å². The summed E-state index contributed by atoms with van der Waals surface area (Å²) < 4.78 is 0. The molecule has 1 aromatic carbocycles. The number of benzene rings is 1. The van der Waals surface area contributed by atoms with Gasteiger partial charge in [-0.15, -0.1) is 0 Å². The van der Waals surface area contributed by atoms with Crippen LogP contribution in [0.4, 0.5) is 5.69 Å². The van der Waals surface area contributed by atoms with Gasteiger partial charge in [0, 0.05) is 24.8 Å². The van der Waals surface area contributed by atoms with Crippen molar-refractivity contribution in [2.45, 2.75) is 51.5 Å². The predicted octanol–water partition coefficient (Wildman–Crippen LogP) is 3.56. The average molecular weight is 272 g/mol. The Morgan fingerprint density at radius 3 is 2.40 bits per heavy atom. The Balaban J connectivity index is 1.56. The molecule has 110 valence electrons. The molecule has 20 heavy (non-hydrogen) atoms. The molecular formula is C18H28N2. The zero-order valence-corrected chi connectivity index (χ0v) is 13.2. The fraction of sp³-hybridized carbons (Fsp3) is 0.667. The molecule has 1 aliphatic heterocycles. The molecule has 1 saturated heterocycles. The SMILES string of the molecule is CC(C)(C)c1ccc(N2CCC(CNC3CC3)C2)cc1. The van der Waals surface area contributed by atoms with E-state index >= 15 is 0 Å². The molecular weight excluding hydrogens is 244 g/mol. The summed E-state index contributed by atoms with van der Waals surface area (Å²) in [7, 11) is 0. The maximum atomic E-state index is 3.67. The van der Waals surface area contributed by atoms with E-state index in [1.165, 1.54) is 50.1 Å². The summed E-state index contributed by atoms with van der Waals surface area (Å²) in [5.41, 5.74) is 3.07. The lowest BCUT2D eigenvalue weighted by atomic mass is 9.87. The molecule has 0 amide bonds. The van der Waals surface area contributed by atoms with Crippen LogP contribution in [0.2, 0.25) is 0 Å². The first-order valence-corrected chi connectivity index (χ1v) is 8.11. The van der Waals surface area contributed by atoms with Gasteiger partial charge in [0.2, 0.25) is 0 Å². The number of nitrogens with zero attached hydrogens (tertiary/aromatic N) is 1. The van der Waals surface area contributed by atoms with Gasteiger partial charge in [-0.2, -0.15) is 0 Å². The Kier molecular flexibility index (Phi) is 3.76. The van der Waals surface area contributed by atoms with Crippen molar-refractivity contribution in [3.63, 3.8) is 0 Å². The largest absolute Gasteiger partial charge is 0.371 e. The van der Waals surface area contributed by atoms with Gasteiger partial charge >= 0.3 is 0 Å². The molecule has 1 saturated carbocycles. The van der Waals surface area contributed by atoms with E-state index in [1.54, 1.807) is 0 Å². The number of anilines is 1. The maximum absolute atomic E-state index is 3.67. The highest BCUT2D eigenvalue weighted by Gasteiger charge is 2.26. The highest BCUT2D eigenvalue weighted by Crippen LogP contribution is 2.28. The summed E-state index contributed by atoms with van der Waals surface area (Å²) in [6.07, 6.45) is 4.12. The van der Waals surface area contributed by atoms with Gasteiger partial charge in [0.05, 0.1) is 0 Å². The molecule has 0 aromatic heterocycles. The van der Waals surface area contributed by atoms with E-state index in [1.807, 2.05) is 0 Å². The van der Waals surface area contributed by atoms with E-state index in [2.05, 4.69) is 55.3 Å². The second-order valence-electron chi connectivity index (χ2n) is 7.58. The second-order valence-corrected chi connectivity index (χ2v) is 7.58. The zero-order chi connectivity index (χ0) is 14.2. The van der Waals surface area contributed by atoms with Crippen molar-refractivity contribution in [1.29, 1.82) is 0 Å². The summed E-state index contributed by atoms with van der Waals surface area (Å²) >= 11 is 0. The van der Waals surface area contributed by atoms with Crippen molar-refractivity contribution in [2.75, 3.05) is 24.5 Å². The molecule has 1 aliphatic carbocycles. The van der Waals surface area contributed by atoms with Crippen LogP contribution in [0.1, 0.15) is 45.6 Å². The van der Waals surface area contributed by atoms with Crippen LogP contribution in [0.15, 0.2) is 24.3 Å². The van der Waals surface area contributed by atoms with Crippen LogP contribution in [0.5, 0.6) is 0 Å². The molecule has 0 spiro atoms. The molecule has 2 heteroatoms. The standard InChI is InChI=1S/C18H28N2/c1-18(2,3)15-4-8-17(9-5-15)20-11-10-14(13-20)12-19-16-6-7-16/h4-5,8-9,14,16,19H,6-7,10-13H2,1-3H3. The molecule has 1 aromatic rings. The molecule has 2 nitrogen and oxygen atoms in total. The molecule has 3 rings (SSSR count). The zero-order valence-electron chi connectivity index (χ0n) is 13.2. The van der Waals surface area contributed by atoms with Gasteiger partial charge in [-0.1, -0.05) is 32.9 Å². The third-order valence-corrected chi connectivity index (χ3v) is 4.66. The number of hydrogen-bond donors (Lipinski definition) is 1. The quantitative estimate of drug-likeness (QED) is 0.901. The molecule has 0 radical (unpaired) electrons. The lowest BCUT2D eigenvalue weighted by molar-refractivity contribution is 0.515. The van der Waals surface area contributed by atoms with Crippen molar-refractivity contribution >= 4 is 5.69 Å². The molecule has 1 N–H and O–H groups in total. The average Bonchev–Trinajstić information content (AvgIpc) is 3.13. The van der Waals surface area contributed by atoms with Crippen molar-refractivity contribution < 1.29 is 0 Å². The highest BCUT2D eigenvalue weighted by atomic mass is 15.2. The normalized spacial score (nSPS) is 23.4. The highest BCUT2D eigenvalue weighted by molar-refractivity contribution is 5.49. The van der Waals surface area contributed by atoms with Crippen LogP contribution in [0.25, 0.3) is 0 Å². The van der Waals surface area contributed by atoms with Crippen LogP contribution < -0.4 is 10.2 Å². The van der Waals surface area contributed by atoms with E-state index < -0.39 is 0 Å². The summed E-state index contributed by atoms with van der Waals surface area (Å²) in [6, 6.07) is 10.0. The Morgan fingerprint density at radius 1 is 1.10 bits per heavy atom. The maximum Gasteiger partial charge on any atom is 0.0366 e. The lowest BCUT2D eigenvalue weighted by Crippen LogP contribution is -2.27. The number of hydrogen-bond acceptors (Lipinski definition) is 2. The lowest BCUT2D eigenvalue weighted by Gasteiger charge is -2.22. The first-order chi connectivity index (χ1) is 9.52. The summed E-state index contributed by atoms with van der Waals surface area (Å²) in [6.45, 7) is 10.5. The van der Waals surface area contributed by atoms with Crippen LogP contribution in [-0.2, 0) is 5.41 Å². The van der Waals surface area contributed by atoms with Crippen LogP contribution in [-0.4, -0.2) is 25.7 Å². The Bertz CT molecular complexity index is 439. The van der Waals surface area contributed by atoms with Crippen LogP contribution in [0.3, 0.4) is 0 Å². The van der Waals surface area contributed by atoms with Gasteiger partial charge in [-0.3, -0.25) is 0 Å². The van der Waals surface area contributed by atoms with E-state index in [0.717, 1.165) is 12.0 Å².